The molecule has 26 heavy (non-hydrogen) atoms. The molecule has 0 unspecified atom stereocenters. The molecule has 0 aromatic heterocycles. The molecule has 3 atom stereocenters. The zero-order chi connectivity index (χ0) is 19.3. The Bertz CT molecular complexity index is 834. The number of nitrogens with zero attached hydrogens (tertiary/aromatic N) is 3. The molecule has 1 aromatic rings. The minimum atomic E-state index is -0.711. The molecule has 1 N–H and O–H groups in total. The first-order valence-electron chi connectivity index (χ1n) is 8.36. The molecule has 3 rings (SSSR count). The number of nitrogens with one attached hydrogen (secondary N) is 1. The molecule has 0 amide bonds. The second-order valence-corrected chi connectivity index (χ2v) is 7.69. The third kappa shape index (κ3) is 2.46. The van der Waals surface area contributed by atoms with E-state index >= 15 is 0 Å². The van der Waals surface area contributed by atoms with Crippen molar-refractivity contribution in [1.82, 2.24) is 0 Å². The number of fused-ring (bicyclic) bond motifs is 2. The van der Waals surface area contributed by atoms with Crippen molar-refractivity contribution < 1.29 is 14.6 Å². The molecule has 138 valence electrons. The lowest BCUT2D eigenvalue weighted by Gasteiger charge is -2.32. The summed E-state index contributed by atoms with van der Waals surface area (Å²) >= 11 is 0. The van der Waals surface area contributed by atoms with Crippen molar-refractivity contribution in [2.24, 2.45) is 27.8 Å². The van der Waals surface area contributed by atoms with E-state index in [2.05, 4.69) is 24.4 Å². The molecule has 0 spiro atoms. The number of carbonyl (C=O) groups excluding carboxylic acids is 1. The molecule has 0 radical (unpaired) electrons. The number of carbonyl (C=O) groups is 1. The predicted octanol–water partition coefficient (Wildman–Crippen LogP) is 3.54. The number of hydrogen-bond acceptors (Lipinski definition) is 7. The van der Waals surface area contributed by atoms with Crippen molar-refractivity contribution in [3.8, 4) is 0 Å². The van der Waals surface area contributed by atoms with Gasteiger partial charge in [-0.25, -0.2) is 0 Å². The molecule has 2 aliphatic carbocycles. The number of nitro groups is 2. The molecule has 0 heterocycles. The second-order valence-electron chi connectivity index (χ2n) is 7.69. The Balaban J connectivity index is 1.81. The van der Waals surface area contributed by atoms with Gasteiger partial charge >= 0.3 is 5.69 Å². The molecule has 9 heteroatoms. The van der Waals surface area contributed by atoms with Gasteiger partial charge in [-0.1, -0.05) is 20.8 Å². The van der Waals surface area contributed by atoms with Crippen LogP contribution in [0.2, 0.25) is 0 Å². The van der Waals surface area contributed by atoms with E-state index in [4.69, 9.17) is 0 Å². The third-order valence-electron chi connectivity index (χ3n) is 6.39. The lowest BCUT2D eigenvalue weighted by Crippen LogP contribution is -2.33. The fourth-order valence-electron chi connectivity index (χ4n) is 4.39. The monoisotopic (exact) mass is 360 g/mol. The Morgan fingerprint density at radius 2 is 1.92 bits per heavy atom. The summed E-state index contributed by atoms with van der Waals surface area (Å²) in [6, 6.07) is 3.28. The molecule has 2 fully saturated rings. The minimum Gasteiger partial charge on any atom is -0.298 e. The van der Waals surface area contributed by atoms with Gasteiger partial charge in [0.15, 0.2) is 0 Å². The van der Waals surface area contributed by atoms with Gasteiger partial charge in [0, 0.05) is 17.7 Å². The highest BCUT2D eigenvalue weighted by Gasteiger charge is 2.65. The van der Waals surface area contributed by atoms with Crippen LogP contribution in [-0.2, 0) is 4.79 Å². The van der Waals surface area contributed by atoms with E-state index in [0.29, 0.717) is 0 Å². The maximum absolute atomic E-state index is 12.7. The smallest absolute Gasteiger partial charge is 0.298 e. The quantitative estimate of drug-likeness (QED) is 0.486. The van der Waals surface area contributed by atoms with Crippen LogP contribution in [0.3, 0.4) is 0 Å². The summed E-state index contributed by atoms with van der Waals surface area (Å²) in [5, 5.41) is 25.9. The summed E-state index contributed by atoms with van der Waals surface area (Å²) in [4.78, 5) is 33.2. The first-order chi connectivity index (χ1) is 12.1. The number of nitro benzene ring substituents is 2. The van der Waals surface area contributed by atoms with E-state index in [-0.39, 0.29) is 39.8 Å². The Morgan fingerprint density at radius 3 is 2.46 bits per heavy atom. The number of rotatable bonds is 5. The predicted molar refractivity (Wildman–Crippen MR) is 95.0 cm³/mol. The summed E-state index contributed by atoms with van der Waals surface area (Å²) in [5.41, 5.74) is 1.31. The van der Waals surface area contributed by atoms with Crippen molar-refractivity contribution in [2.75, 3.05) is 5.43 Å². The van der Waals surface area contributed by atoms with Crippen LogP contribution in [0, 0.1) is 42.9 Å². The fraction of sp³-hybridized carbons (Fsp3) is 0.529. The normalized spacial score (nSPS) is 29.3. The summed E-state index contributed by atoms with van der Waals surface area (Å²) in [5.74, 6) is 0.0215. The van der Waals surface area contributed by atoms with Crippen LogP contribution in [0.25, 0.3) is 0 Å². The van der Waals surface area contributed by atoms with Crippen molar-refractivity contribution in [3.63, 3.8) is 0 Å². The van der Waals surface area contributed by atoms with E-state index in [9.17, 15) is 25.0 Å². The summed E-state index contributed by atoms with van der Waals surface area (Å²) in [7, 11) is 0. The van der Waals surface area contributed by atoms with Gasteiger partial charge in [-0.3, -0.25) is 30.4 Å². The van der Waals surface area contributed by atoms with E-state index in [1.165, 1.54) is 12.3 Å². The van der Waals surface area contributed by atoms with Crippen LogP contribution >= 0.6 is 0 Å². The molecular formula is C17H20N4O5. The van der Waals surface area contributed by atoms with Crippen molar-refractivity contribution in [1.29, 1.82) is 0 Å². The number of Topliss-reactive ketones (excluding diaryl/α,β-unsaturated/α-hetero) is 1. The van der Waals surface area contributed by atoms with Gasteiger partial charge in [-0.05, 0) is 30.2 Å². The van der Waals surface area contributed by atoms with Gasteiger partial charge in [0.25, 0.3) is 5.69 Å². The zero-order valence-electron chi connectivity index (χ0n) is 14.8. The van der Waals surface area contributed by atoms with Crippen LogP contribution in [0.4, 0.5) is 17.1 Å². The maximum Gasteiger partial charge on any atom is 0.301 e. The van der Waals surface area contributed by atoms with Crippen molar-refractivity contribution in [3.05, 3.63) is 38.4 Å². The highest BCUT2D eigenvalue weighted by molar-refractivity contribution is 6.02. The molecule has 2 bridgehead atoms. The molecule has 0 saturated heterocycles. The number of ketones is 1. The SMILES string of the molecule is CC1(C)[C@H]2CC[C@]1(C)C(=O)[C@@H]2/C=N/Nc1ccc([N+](=O)[O-])cc1[N+](=O)[O-]. The molecule has 1 aromatic carbocycles. The Morgan fingerprint density at radius 1 is 1.23 bits per heavy atom. The van der Waals surface area contributed by atoms with E-state index in [0.717, 1.165) is 25.0 Å². The largest absolute Gasteiger partial charge is 0.301 e. The van der Waals surface area contributed by atoms with Crippen LogP contribution in [0.1, 0.15) is 33.6 Å². The number of non-ortho nitro benzene ring substituents is 1. The third-order valence-corrected chi connectivity index (χ3v) is 6.39. The van der Waals surface area contributed by atoms with Crippen LogP contribution in [-0.4, -0.2) is 21.8 Å². The average Bonchev–Trinajstić information content (AvgIpc) is 2.88. The van der Waals surface area contributed by atoms with Gasteiger partial charge in [0.1, 0.15) is 11.5 Å². The van der Waals surface area contributed by atoms with Gasteiger partial charge in [0.2, 0.25) is 0 Å². The van der Waals surface area contributed by atoms with Gasteiger partial charge in [-0.2, -0.15) is 5.10 Å². The molecule has 9 nitrogen and oxygen atoms in total. The van der Waals surface area contributed by atoms with Gasteiger partial charge in [0.05, 0.1) is 21.8 Å². The van der Waals surface area contributed by atoms with E-state index < -0.39 is 15.5 Å². The Labute approximate surface area is 149 Å². The topological polar surface area (TPSA) is 128 Å². The second kappa shape index (κ2) is 5.86. The van der Waals surface area contributed by atoms with Crippen LogP contribution < -0.4 is 5.43 Å². The van der Waals surface area contributed by atoms with Gasteiger partial charge < -0.3 is 0 Å². The van der Waals surface area contributed by atoms with Crippen LogP contribution in [0.15, 0.2) is 23.3 Å². The Hall–Kier alpha value is -2.84. The van der Waals surface area contributed by atoms with Gasteiger partial charge in [-0.15, -0.1) is 0 Å². The zero-order valence-corrected chi connectivity index (χ0v) is 14.8. The lowest BCUT2D eigenvalue weighted by molar-refractivity contribution is -0.393. The van der Waals surface area contributed by atoms with E-state index in [1.54, 1.807) is 0 Å². The highest BCUT2D eigenvalue weighted by atomic mass is 16.6. The molecule has 0 aliphatic heterocycles. The first-order valence-corrected chi connectivity index (χ1v) is 8.36. The fourth-order valence-corrected chi connectivity index (χ4v) is 4.39. The summed E-state index contributed by atoms with van der Waals surface area (Å²) in [6.45, 7) is 6.20. The standard InChI is InChI=1S/C17H20N4O5/c1-16(2)12-6-7-17(16,3)15(22)11(12)9-18-19-13-5-4-10(20(23)24)8-14(13)21(25)26/h4-5,8-9,11-12,19H,6-7H2,1-3H3/b18-9+/t11-,12+,17-/m1/s1. The lowest BCUT2D eigenvalue weighted by atomic mass is 9.70. The van der Waals surface area contributed by atoms with Crippen molar-refractivity contribution in [2.45, 2.75) is 33.6 Å². The summed E-state index contributed by atoms with van der Waals surface area (Å²) < 4.78 is 0. The minimum absolute atomic E-state index is 0.0397. The molecule has 2 aliphatic rings. The number of benzene rings is 1. The molecule has 2 saturated carbocycles. The molecular weight excluding hydrogens is 340 g/mol. The number of anilines is 1. The number of hydrogen-bond donors (Lipinski definition) is 1. The summed E-state index contributed by atoms with van der Waals surface area (Å²) in [6.07, 6.45) is 3.34. The first kappa shape index (κ1) is 18.0. The van der Waals surface area contributed by atoms with E-state index in [1.807, 2.05) is 6.92 Å². The number of hydrazone groups is 1. The highest BCUT2D eigenvalue weighted by Crippen LogP contribution is 2.65. The van der Waals surface area contributed by atoms with Crippen molar-refractivity contribution >= 4 is 29.1 Å². The average molecular weight is 360 g/mol. The van der Waals surface area contributed by atoms with Crippen LogP contribution in [0.5, 0.6) is 0 Å². The Kier molecular flexibility index (Phi) is 4.05. The maximum atomic E-state index is 12.7.